The molecule has 90 valence electrons. The number of nitrogens with two attached hydrogens (primary N) is 1. The number of hydrogen-bond acceptors (Lipinski definition) is 6. The molecule has 17 heavy (non-hydrogen) atoms. The first-order chi connectivity index (χ1) is 8.20. The van der Waals surface area contributed by atoms with Crippen molar-refractivity contribution in [2.45, 2.75) is 12.5 Å². The third-order valence-electron chi connectivity index (χ3n) is 2.13. The monoisotopic (exact) mass is 298 g/mol. The second kappa shape index (κ2) is 5.35. The maximum Gasteiger partial charge on any atom is 0.255 e. The van der Waals surface area contributed by atoms with Crippen LogP contribution in [0.5, 0.6) is 0 Å². The highest BCUT2D eigenvalue weighted by molar-refractivity contribution is 9.10. The van der Waals surface area contributed by atoms with E-state index >= 15 is 0 Å². The van der Waals surface area contributed by atoms with Gasteiger partial charge in [-0.15, -0.1) is 0 Å². The molecular weight excluding hydrogens is 288 g/mol. The molecule has 0 saturated carbocycles. The van der Waals surface area contributed by atoms with E-state index in [1.165, 1.54) is 0 Å². The summed E-state index contributed by atoms with van der Waals surface area (Å²) in [6.45, 7) is 0.358. The topological polar surface area (TPSA) is 98.1 Å². The summed E-state index contributed by atoms with van der Waals surface area (Å²) >= 11 is 3.31. The number of nitrogens with zero attached hydrogens (tertiary/aromatic N) is 3. The van der Waals surface area contributed by atoms with E-state index in [4.69, 9.17) is 10.3 Å². The van der Waals surface area contributed by atoms with E-state index in [1.807, 2.05) is 6.07 Å². The molecule has 1 unspecified atom stereocenters. The number of aromatic nitrogens is 3. The van der Waals surface area contributed by atoms with Gasteiger partial charge >= 0.3 is 0 Å². The van der Waals surface area contributed by atoms with E-state index < -0.39 is 6.10 Å². The van der Waals surface area contributed by atoms with Gasteiger partial charge in [0.2, 0.25) is 5.82 Å². The van der Waals surface area contributed by atoms with Crippen molar-refractivity contribution in [3.8, 4) is 11.4 Å². The number of aliphatic hydroxyl groups excluding tert-OH is 1. The number of pyridine rings is 1. The number of aliphatic hydroxyl groups is 1. The van der Waals surface area contributed by atoms with Crippen molar-refractivity contribution in [2.24, 2.45) is 5.73 Å². The Kier molecular flexibility index (Phi) is 3.82. The Morgan fingerprint density at radius 2 is 2.29 bits per heavy atom. The Morgan fingerprint density at radius 3 is 3.00 bits per heavy atom. The van der Waals surface area contributed by atoms with Crippen LogP contribution in [0, 0.1) is 0 Å². The van der Waals surface area contributed by atoms with E-state index in [0.717, 1.165) is 4.47 Å². The fraction of sp³-hybridized carbons (Fsp3) is 0.300. The molecule has 0 aliphatic heterocycles. The summed E-state index contributed by atoms with van der Waals surface area (Å²) in [5.74, 6) is 0.565. The quantitative estimate of drug-likeness (QED) is 0.882. The van der Waals surface area contributed by atoms with Crippen LogP contribution >= 0.6 is 15.9 Å². The largest absolute Gasteiger partial charge is 0.383 e. The van der Waals surface area contributed by atoms with Gasteiger partial charge < -0.3 is 15.4 Å². The van der Waals surface area contributed by atoms with E-state index in [1.54, 1.807) is 12.4 Å². The van der Waals surface area contributed by atoms with Crippen molar-refractivity contribution in [1.82, 2.24) is 15.1 Å². The third kappa shape index (κ3) is 2.87. The predicted molar refractivity (Wildman–Crippen MR) is 63.9 cm³/mol. The van der Waals surface area contributed by atoms with Gasteiger partial charge in [0.1, 0.15) is 6.10 Å². The summed E-state index contributed by atoms with van der Waals surface area (Å²) < 4.78 is 5.79. The van der Waals surface area contributed by atoms with Gasteiger partial charge in [-0.2, -0.15) is 4.98 Å². The van der Waals surface area contributed by atoms with Crippen LogP contribution in [0.3, 0.4) is 0 Å². The Hall–Kier alpha value is -1.31. The van der Waals surface area contributed by atoms with Crippen molar-refractivity contribution < 1.29 is 9.63 Å². The molecule has 3 N–H and O–H groups in total. The highest BCUT2D eigenvalue weighted by Gasteiger charge is 2.16. The van der Waals surface area contributed by atoms with E-state index in [0.29, 0.717) is 24.4 Å². The Labute approximate surface area is 106 Å². The molecule has 2 rings (SSSR count). The van der Waals surface area contributed by atoms with E-state index in [-0.39, 0.29) is 5.89 Å². The summed E-state index contributed by atoms with van der Waals surface area (Å²) in [6, 6.07) is 1.82. The Morgan fingerprint density at radius 1 is 1.47 bits per heavy atom. The molecule has 7 heteroatoms. The highest BCUT2D eigenvalue weighted by atomic mass is 79.9. The van der Waals surface area contributed by atoms with Gasteiger partial charge in [0.25, 0.3) is 5.89 Å². The van der Waals surface area contributed by atoms with Gasteiger partial charge in [-0.05, 0) is 35.0 Å². The van der Waals surface area contributed by atoms with Crippen molar-refractivity contribution in [2.75, 3.05) is 6.54 Å². The molecule has 6 nitrogen and oxygen atoms in total. The van der Waals surface area contributed by atoms with Crippen LogP contribution in [0.2, 0.25) is 0 Å². The SMILES string of the molecule is NCCC(O)c1nc(-c2cncc(Br)c2)no1. The van der Waals surface area contributed by atoms with Crippen LogP contribution in [0.1, 0.15) is 18.4 Å². The van der Waals surface area contributed by atoms with Crippen LogP contribution in [-0.2, 0) is 0 Å². The molecule has 0 aliphatic rings. The van der Waals surface area contributed by atoms with E-state index in [9.17, 15) is 5.11 Å². The smallest absolute Gasteiger partial charge is 0.255 e. The molecule has 0 amide bonds. The van der Waals surface area contributed by atoms with E-state index in [2.05, 4.69) is 31.1 Å². The average Bonchev–Trinajstić information content (AvgIpc) is 2.78. The second-order valence-corrected chi connectivity index (χ2v) is 4.36. The van der Waals surface area contributed by atoms with Gasteiger partial charge in [-0.1, -0.05) is 5.16 Å². The van der Waals surface area contributed by atoms with Gasteiger partial charge in [0, 0.05) is 22.4 Å². The van der Waals surface area contributed by atoms with Gasteiger partial charge in [-0.25, -0.2) is 0 Å². The van der Waals surface area contributed by atoms with Crippen molar-refractivity contribution in [1.29, 1.82) is 0 Å². The first kappa shape index (κ1) is 12.2. The lowest BCUT2D eigenvalue weighted by Crippen LogP contribution is -2.06. The maximum atomic E-state index is 9.63. The standard InChI is InChI=1S/C10H11BrN4O2/c11-7-3-6(4-13-5-7)9-14-10(17-15-9)8(16)1-2-12/h3-5,8,16H,1-2,12H2. The molecule has 2 aromatic heterocycles. The molecule has 0 aromatic carbocycles. The summed E-state index contributed by atoms with van der Waals surface area (Å²) in [6.07, 6.45) is 2.85. The van der Waals surface area contributed by atoms with Crippen LogP contribution in [0.25, 0.3) is 11.4 Å². The molecule has 1 atom stereocenters. The minimum atomic E-state index is -0.818. The predicted octanol–water partition coefficient (Wildman–Crippen LogP) is 1.28. The molecule has 0 spiro atoms. The van der Waals surface area contributed by atoms with Crippen molar-refractivity contribution in [3.63, 3.8) is 0 Å². The normalized spacial score (nSPS) is 12.6. The lowest BCUT2D eigenvalue weighted by atomic mass is 10.2. The molecule has 0 fully saturated rings. The lowest BCUT2D eigenvalue weighted by Gasteiger charge is -2.00. The zero-order valence-electron chi connectivity index (χ0n) is 8.88. The summed E-state index contributed by atoms with van der Waals surface area (Å²) in [7, 11) is 0. The van der Waals surface area contributed by atoms with Gasteiger partial charge in [0.05, 0.1) is 0 Å². The molecule has 0 aliphatic carbocycles. The Bertz CT molecular complexity index is 503. The fourth-order valence-corrected chi connectivity index (χ4v) is 1.67. The molecule has 0 saturated heterocycles. The van der Waals surface area contributed by atoms with Crippen LogP contribution in [0.15, 0.2) is 27.5 Å². The number of rotatable bonds is 4. The summed E-state index contributed by atoms with van der Waals surface area (Å²) in [5.41, 5.74) is 6.06. The molecular formula is C10H11BrN4O2. The lowest BCUT2D eigenvalue weighted by molar-refractivity contribution is 0.127. The summed E-state index contributed by atoms with van der Waals surface area (Å²) in [4.78, 5) is 8.10. The van der Waals surface area contributed by atoms with Gasteiger partial charge in [0.15, 0.2) is 0 Å². The van der Waals surface area contributed by atoms with Crippen LogP contribution in [-0.4, -0.2) is 26.8 Å². The molecule has 0 bridgehead atoms. The van der Waals surface area contributed by atoms with Crippen molar-refractivity contribution in [3.05, 3.63) is 28.8 Å². The minimum Gasteiger partial charge on any atom is -0.383 e. The average molecular weight is 299 g/mol. The highest BCUT2D eigenvalue weighted by Crippen LogP contribution is 2.21. The Balaban J connectivity index is 2.23. The van der Waals surface area contributed by atoms with Crippen molar-refractivity contribution >= 4 is 15.9 Å². The second-order valence-electron chi connectivity index (χ2n) is 3.44. The van der Waals surface area contributed by atoms with Crippen LogP contribution < -0.4 is 5.73 Å². The maximum absolute atomic E-state index is 9.63. The number of hydrogen-bond donors (Lipinski definition) is 2. The van der Waals surface area contributed by atoms with Crippen LogP contribution in [0.4, 0.5) is 0 Å². The zero-order chi connectivity index (χ0) is 12.3. The first-order valence-electron chi connectivity index (χ1n) is 5.03. The minimum absolute atomic E-state index is 0.172. The zero-order valence-corrected chi connectivity index (χ0v) is 10.5. The molecule has 0 radical (unpaired) electrons. The fourth-order valence-electron chi connectivity index (χ4n) is 1.30. The first-order valence-corrected chi connectivity index (χ1v) is 5.82. The molecule has 2 heterocycles. The summed E-state index contributed by atoms with van der Waals surface area (Å²) in [5, 5.41) is 13.4. The van der Waals surface area contributed by atoms with Gasteiger partial charge in [-0.3, -0.25) is 4.98 Å². The number of halogens is 1. The molecule has 2 aromatic rings. The third-order valence-corrected chi connectivity index (χ3v) is 2.56.